The summed E-state index contributed by atoms with van der Waals surface area (Å²) in [7, 11) is 3.25. The van der Waals surface area contributed by atoms with Crippen molar-refractivity contribution in [3.8, 4) is 11.5 Å². The molecule has 5 rings (SSSR count). The number of hydrogen-bond donors (Lipinski definition) is 2. The lowest BCUT2D eigenvalue weighted by Gasteiger charge is -2.19. The van der Waals surface area contributed by atoms with E-state index in [4.69, 9.17) is 9.47 Å². The van der Waals surface area contributed by atoms with Gasteiger partial charge in [-0.25, -0.2) is 13.2 Å². The number of nitrogens with one attached hydrogen (secondary N) is 2. The number of anilines is 2. The van der Waals surface area contributed by atoms with Gasteiger partial charge in [-0.2, -0.15) is 4.31 Å². The van der Waals surface area contributed by atoms with Gasteiger partial charge in [-0.15, -0.1) is 0 Å². The summed E-state index contributed by atoms with van der Waals surface area (Å²) in [5.74, 6) is 1.02. The maximum Gasteiger partial charge on any atom is 0.323 e. The van der Waals surface area contributed by atoms with Crippen LogP contribution >= 0.6 is 0 Å². The van der Waals surface area contributed by atoms with Crippen LogP contribution in [-0.2, 0) is 16.6 Å². The van der Waals surface area contributed by atoms with Crippen LogP contribution in [0.15, 0.2) is 71.3 Å². The Hall–Kier alpha value is -4.65. The molecule has 2 heterocycles. The number of fused-ring (bicyclic) bond motifs is 2. The van der Waals surface area contributed by atoms with Gasteiger partial charge in [-0.3, -0.25) is 4.79 Å². The van der Waals surface area contributed by atoms with Crippen LogP contribution < -0.4 is 20.1 Å². The molecule has 0 saturated heterocycles. The van der Waals surface area contributed by atoms with Crippen LogP contribution in [-0.4, -0.2) is 75.3 Å². The van der Waals surface area contributed by atoms with E-state index in [2.05, 4.69) is 22.1 Å². The Labute approximate surface area is 263 Å². The van der Waals surface area contributed by atoms with Crippen LogP contribution in [0, 0.1) is 6.92 Å². The number of ketones is 1. The Morgan fingerprint density at radius 1 is 0.978 bits per heavy atom. The third-order valence-corrected chi connectivity index (χ3v) is 9.65. The van der Waals surface area contributed by atoms with Crippen LogP contribution in [0.5, 0.6) is 11.5 Å². The van der Waals surface area contributed by atoms with Gasteiger partial charge in [0.15, 0.2) is 5.76 Å². The number of benzene rings is 3. The molecule has 1 aromatic heterocycles. The number of urea groups is 1. The number of rotatable bonds is 10. The molecular formula is C33H37N5O6S. The van der Waals surface area contributed by atoms with Crippen molar-refractivity contribution < 1.29 is 27.5 Å². The highest BCUT2D eigenvalue weighted by molar-refractivity contribution is 7.89. The molecule has 0 radical (unpaired) electrons. The minimum absolute atomic E-state index is 0.129. The number of Topliss-reactive ketones (excluding diaryl/α,β-unsaturated/α-hetero) is 1. The predicted molar refractivity (Wildman–Crippen MR) is 176 cm³/mol. The third kappa shape index (κ3) is 6.44. The second kappa shape index (κ2) is 12.8. The Morgan fingerprint density at radius 2 is 1.67 bits per heavy atom. The van der Waals surface area contributed by atoms with Crippen molar-refractivity contribution in [3.63, 3.8) is 0 Å². The van der Waals surface area contributed by atoms with Crippen molar-refractivity contribution in [2.24, 2.45) is 0 Å². The second-order valence-electron chi connectivity index (χ2n) is 11.0. The first kappa shape index (κ1) is 31.8. The molecule has 45 heavy (non-hydrogen) atoms. The molecule has 3 aromatic carbocycles. The molecule has 0 aliphatic carbocycles. The maximum absolute atomic E-state index is 13.4. The highest BCUT2D eigenvalue weighted by Crippen LogP contribution is 2.37. The lowest BCUT2D eigenvalue weighted by molar-refractivity contribution is 0.101. The van der Waals surface area contributed by atoms with Gasteiger partial charge < -0.3 is 29.6 Å². The molecule has 0 saturated carbocycles. The zero-order valence-electron chi connectivity index (χ0n) is 26.2. The van der Waals surface area contributed by atoms with Gasteiger partial charge in [-0.1, -0.05) is 0 Å². The van der Waals surface area contributed by atoms with E-state index in [9.17, 15) is 18.0 Å². The molecule has 236 valence electrons. The minimum atomic E-state index is -3.66. The quantitative estimate of drug-likeness (QED) is 0.224. The summed E-state index contributed by atoms with van der Waals surface area (Å²) in [5.41, 5.74) is 4.05. The van der Waals surface area contributed by atoms with Crippen molar-refractivity contribution in [1.82, 2.24) is 13.8 Å². The fourth-order valence-corrected chi connectivity index (χ4v) is 6.41. The first-order chi connectivity index (χ1) is 21.4. The van der Waals surface area contributed by atoms with E-state index in [1.54, 1.807) is 31.4 Å². The fraction of sp³-hybridized carbons (Fsp3) is 0.273. The van der Waals surface area contributed by atoms with Crippen molar-refractivity contribution >= 4 is 50.2 Å². The van der Waals surface area contributed by atoms with E-state index in [-0.39, 0.29) is 16.4 Å². The second-order valence-corrected chi connectivity index (χ2v) is 13.1. The largest absolute Gasteiger partial charge is 0.497 e. The number of hydrogen-bond acceptors (Lipinski definition) is 7. The van der Waals surface area contributed by atoms with Gasteiger partial charge in [0.1, 0.15) is 11.5 Å². The standard InChI is InChI=1S/C33H37N5O6S/c1-7-38-21(2)26(27-19-24(43-6)11-14-29(27)38)20-31-32(39)28-18-23(10-15-30(28)44-31)35-33(40)34-22-8-12-25(13-9-22)45(41,42)37(5)17-16-36(3)4/h8-15,18-20H,7,16-17H2,1-6H3,(H2,34,35,40). The third-order valence-electron chi connectivity index (χ3n) is 7.78. The molecule has 0 unspecified atom stereocenters. The maximum atomic E-state index is 13.4. The molecule has 11 nitrogen and oxygen atoms in total. The number of carbonyl (C=O) groups excluding carboxylic acids is 2. The summed E-state index contributed by atoms with van der Waals surface area (Å²) in [6.07, 6.45) is 1.76. The Kier molecular flexibility index (Phi) is 9.01. The van der Waals surface area contributed by atoms with Crippen molar-refractivity contribution in [3.05, 3.63) is 83.2 Å². The summed E-state index contributed by atoms with van der Waals surface area (Å²) in [6, 6.07) is 16.1. The SMILES string of the molecule is CCn1c(C)c(C=C2Oc3ccc(NC(=O)Nc4ccc(S(=O)(=O)N(C)CCN(C)C)cc4)cc3C2=O)c2cc(OC)ccc21. The monoisotopic (exact) mass is 631 g/mol. The number of allylic oxidation sites excluding steroid dienone is 1. The highest BCUT2D eigenvalue weighted by Gasteiger charge is 2.29. The molecule has 12 heteroatoms. The van der Waals surface area contributed by atoms with E-state index in [0.29, 0.717) is 35.8 Å². The first-order valence-corrected chi connectivity index (χ1v) is 15.9. The van der Waals surface area contributed by atoms with E-state index >= 15 is 0 Å². The van der Waals surface area contributed by atoms with Crippen LogP contribution in [0.4, 0.5) is 16.2 Å². The van der Waals surface area contributed by atoms with Gasteiger partial charge >= 0.3 is 6.03 Å². The summed E-state index contributed by atoms with van der Waals surface area (Å²) in [6.45, 7) is 5.78. The predicted octanol–water partition coefficient (Wildman–Crippen LogP) is 5.42. The smallest absolute Gasteiger partial charge is 0.323 e. The Balaban J connectivity index is 1.29. The van der Waals surface area contributed by atoms with E-state index in [1.165, 1.54) is 35.6 Å². The Bertz CT molecular complexity index is 1910. The first-order valence-electron chi connectivity index (χ1n) is 14.5. The number of ether oxygens (including phenoxy) is 2. The molecule has 0 bridgehead atoms. The lowest BCUT2D eigenvalue weighted by atomic mass is 10.1. The lowest BCUT2D eigenvalue weighted by Crippen LogP contribution is -2.33. The molecule has 0 atom stereocenters. The van der Waals surface area contributed by atoms with Crippen LogP contribution in [0.1, 0.15) is 28.5 Å². The number of carbonyl (C=O) groups is 2. The van der Waals surface area contributed by atoms with Crippen LogP contribution in [0.25, 0.3) is 17.0 Å². The van der Waals surface area contributed by atoms with Crippen molar-refractivity contribution in [2.75, 3.05) is 52.0 Å². The zero-order chi connectivity index (χ0) is 32.5. The van der Waals surface area contributed by atoms with Gasteiger partial charge in [-0.05, 0) is 94.7 Å². The summed E-state index contributed by atoms with van der Waals surface area (Å²) >= 11 is 0. The minimum Gasteiger partial charge on any atom is -0.497 e. The zero-order valence-corrected chi connectivity index (χ0v) is 27.0. The van der Waals surface area contributed by atoms with Crippen LogP contribution in [0.2, 0.25) is 0 Å². The van der Waals surface area contributed by atoms with Gasteiger partial charge in [0.05, 0.1) is 17.6 Å². The summed E-state index contributed by atoms with van der Waals surface area (Å²) in [4.78, 5) is 28.2. The number of sulfonamides is 1. The van der Waals surface area contributed by atoms with Crippen molar-refractivity contribution in [2.45, 2.75) is 25.3 Å². The molecular weight excluding hydrogens is 594 g/mol. The number of aryl methyl sites for hydroxylation is 1. The van der Waals surface area contributed by atoms with Gasteiger partial charge in [0, 0.05) is 60.2 Å². The normalized spacial score (nSPS) is 13.9. The molecule has 1 aliphatic heterocycles. The molecule has 2 N–H and O–H groups in total. The molecule has 2 amide bonds. The van der Waals surface area contributed by atoms with E-state index in [1.807, 2.05) is 44.1 Å². The molecule has 1 aliphatic rings. The van der Waals surface area contributed by atoms with Crippen LogP contribution in [0.3, 0.4) is 0 Å². The number of likely N-dealkylation sites (N-methyl/N-ethyl adjacent to an activating group) is 2. The van der Waals surface area contributed by atoms with E-state index in [0.717, 1.165) is 34.5 Å². The average molecular weight is 632 g/mol. The molecule has 4 aromatic rings. The fourth-order valence-electron chi connectivity index (χ4n) is 5.25. The Morgan fingerprint density at radius 3 is 2.33 bits per heavy atom. The average Bonchev–Trinajstić information content (AvgIpc) is 3.47. The number of nitrogens with zero attached hydrogens (tertiary/aromatic N) is 3. The summed E-state index contributed by atoms with van der Waals surface area (Å²) in [5, 5.41) is 6.37. The number of aromatic nitrogens is 1. The number of amides is 2. The highest BCUT2D eigenvalue weighted by atomic mass is 32.2. The molecule has 0 fully saturated rings. The van der Waals surface area contributed by atoms with E-state index < -0.39 is 16.1 Å². The number of methoxy groups -OCH3 is 1. The van der Waals surface area contributed by atoms with Gasteiger partial charge in [0.2, 0.25) is 15.8 Å². The molecule has 0 spiro atoms. The van der Waals surface area contributed by atoms with Gasteiger partial charge in [0.25, 0.3) is 0 Å². The van der Waals surface area contributed by atoms with Crippen molar-refractivity contribution in [1.29, 1.82) is 0 Å². The summed E-state index contributed by atoms with van der Waals surface area (Å²) < 4.78 is 40.5. The topological polar surface area (TPSA) is 122 Å².